The van der Waals surface area contributed by atoms with Crippen molar-refractivity contribution in [3.63, 3.8) is 0 Å². The van der Waals surface area contributed by atoms with E-state index in [0.29, 0.717) is 0 Å². The van der Waals surface area contributed by atoms with Crippen LogP contribution in [-0.4, -0.2) is 17.3 Å². The summed E-state index contributed by atoms with van der Waals surface area (Å²) in [7, 11) is 0. The van der Waals surface area contributed by atoms with Gasteiger partial charge in [0.1, 0.15) is 5.75 Å². The summed E-state index contributed by atoms with van der Waals surface area (Å²) in [4.78, 5) is 26.3. The molecule has 0 bridgehead atoms. The number of aromatic hydroxyl groups is 1. The molecule has 1 rings (SSSR count). The molecule has 0 atom stereocenters. The predicted molar refractivity (Wildman–Crippen MR) is 43.7 cm³/mol. The van der Waals surface area contributed by atoms with E-state index in [1.165, 1.54) is 30.4 Å². The van der Waals surface area contributed by atoms with Gasteiger partial charge < -0.3 is 5.11 Å². The van der Waals surface area contributed by atoms with Gasteiger partial charge in [0, 0.05) is 12.1 Å². The molecule has 0 saturated heterocycles. The minimum absolute atomic E-state index is 0.134. The van der Waals surface area contributed by atoms with Crippen LogP contribution in [0.4, 0.5) is 11.4 Å². The highest BCUT2D eigenvalue weighted by Crippen LogP contribution is 2.26. The van der Waals surface area contributed by atoms with Gasteiger partial charge in [-0.2, -0.15) is 9.98 Å². The number of rotatable bonds is 2. The van der Waals surface area contributed by atoms with Gasteiger partial charge in [0.25, 0.3) is 0 Å². The van der Waals surface area contributed by atoms with Crippen LogP contribution in [0.15, 0.2) is 28.2 Å². The van der Waals surface area contributed by atoms with Crippen LogP contribution in [0, 0.1) is 0 Å². The number of nitrogens with zero attached hydrogens (tertiary/aromatic N) is 2. The van der Waals surface area contributed by atoms with Crippen LogP contribution < -0.4 is 0 Å². The molecule has 13 heavy (non-hydrogen) atoms. The maximum Gasteiger partial charge on any atom is 0.240 e. The largest absolute Gasteiger partial charge is 0.508 e. The molecule has 0 fully saturated rings. The lowest BCUT2D eigenvalue weighted by atomic mass is 10.2. The quantitative estimate of drug-likeness (QED) is 0.545. The van der Waals surface area contributed by atoms with Gasteiger partial charge >= 0.3 is 0 Å². The Labute approximate surface area is 73.1 Å². The fourth-order valence-corrected chi connectivity index (χ4v) is 0.814. The molecule has 0 spiro atoms. The maximum absolute atomic E-state index is 9.87. The summed E-state index contributed by atoms with van der Waals surface area (Å²) in [5.74, 6) is -0.134. The second-order valence-electron chi connectivity index (χ2n) is 2.11. The van der Waals surface area contributed by atoms with Crippen molar-refractivity contribution in [2.24, 2.45) is 9.98 Å². The Balaban J connectivity index is 3.25. The first-order valence-corrected chi connectivity index (χ1v) is 3.26. The van der Waals surface area contributed by atoms with Crippen molar-refractivity contribution in [2.75, 3.05) is 0 Å². The Morgan fingerprint density at radius 1 is 1.00 bits per heavy atom. The zero-order valence-corrected chi connectivity index (χ0v) is 6.39. The molecule has 0 unspecified atom stereocenters. The minimum atomic E-state index is -0.134. The van der Waals surface area contributed by atoms with E-state index in [0.717, 1.165) is 0 Å². The molecule has 1 N–H and O–H groups in total. The summed E-state index contributed by atoms with van der Waals surface area (Å²) in [5, 5.41) is 9.07. The second-order valence-corrected chi connectivity index (χ2v) is 2.11. The number of carbonyl (C=O) groups excluding carboxylic acids is 2. The summed E-state index contributed by atoms with van der Waals surface area (Å²) in [6.45, 7) is 0. The van der Waals surface area contributed by atoms with Gasteiger partial charge in [0.2, 0.25) is 12.2 Å². The number of benzene rings is 1. The monoisotopic (exact) mass is 176 g/mol. The van der Waals surface area contributed by atoms with Crippen molar-refractivity contribution in [1.82, 2.24) is 0 Å². The van der Waals surface area contributed by atoms with E-state index in [1.807, 2.05) is 0 Å². The second kappa shape index (κ2) is 3.97. The van der Waals surface area contributed by atoms with Crippen LogP contribution >= 0.6 is 0 Å². The highest BCUT2D eigenvalue weighted by Gasteiger charge is 1.97. The molecule has 5 heteroatoms. The minimum Gasteiger partial charge on any atom is -0.508 e. The Kier molecular flexibility index (Phi) is 2.71. The third-order valence-corrected chi connectivity index (χ3v) is 1.24. The van der Waals surface area contributed by atoms with E-state index >= 15 is 0 Å². The Bertz CT molecular complexity index is 379. The first-order chi connectivity index (χ1) is 6.26. The zero-order valence-electron chi connectivity index (χ0n) is 6.39. The van der Waals surface area contributed by atoms with E-state index in [4.69, 9.17) is 5.11 Å². The molecule has 0 aliphatic carbocycles. The fraction of sp³-hybridized carbons (Fsp3) is 0. The van der Waals surface area contributed by atoms with Crippen LogP contribution in [0.5, 0.6) is 5.75 Å². The normalized spacial score (nSPS) is 8.31. The summed E-state index contributed by atoms with van der Waals surface area (Å²) in [5.41, 5.74) is 0.369. The van der Waals surface area contributed by atoms with Crippen LogP contribution in [0.3, 0.4) is 0 Å². The lowest BCUT2D eigenvalue weighted by molar-refractivity contribution is 0.476. The molecule has 0 heterocycles. The number of isocyanates is 2. The van der Waals surface area contributed by atoms with Crippen LogP contribution in [0.2, 0.25) is 0 Å². The molecule has 0 aliphatic rings. The molecule has 5 nitrogen and oxygen atoms in total. The summed E-state index contributed by atoms with van der Waals surface area (Å²) in [6.07, 6.45) is 2.61. The van der Waals surface area contributed by atoms with Crippen molar-refractivity contribution in [1.29, 1.82) is 0 Å². The van der Waals surface area contributed by atoms with Gasteiger partial charge in [-0.05, 0) is 6.07 Å². The smallest absolute Gasteiger partial charge is 0.240 e. The lowest BCUT2D eigenvalue weighted by Crippen LogP contribution is -1.68. The van der Waals surface area contributed by atoms with Crippen molar-refractivity contribution in [3.05, 3.63) is 18.2 Å². The predicted octanol–water partition coefficient (Wildman–Crippen LogP) is 1.33. The van der Waals surface area contributed by atoms with E-state index in [-0.39, 0.29) is 17.1 Å². The molecular weight excluding hydrogens is 172 g/mol. The third kappa shape index (κ3) is 2.38. The van der Waals surface area contributed by atoms with E-state index in [2.05, 4.69) is 9.98 Å². The summed E-state index contributed by atoms with van der Waals surface area (Å²) in [6, 6.07) is 3.83. The van der Waals surface area contributed by atoms with Crippen molar-refractivity contribution < 1.29 is 14.7 Å². The van der Waals surface area contributed by atoms with Gasteiger partial charge in [0.15, 0.2) is 0 Å². The average Bonchev–Trinajstić information content (AvgIpc) is 2.04. The fourth-order valence-electron chi connectivity index (χ4n) is 0.814. The maximum atomic E-state index is 9.87. The number of hydrogen-bond donors (Lipinski definition) is 1. The SMILES string of the molecule is O=C=Nc1cc(O)cc(N=C=O)c1. The number of phenolic OH excluding ortho intramolecular Hbond substituents is 1. The molecule has 64 valence electrons. The summed E-state index contributed by atoms with van der Waals surface area (Å²) < 4.78 is 0. The van der Waals surface area contributed by atoms with Crippen LogP contribution in [0.25, 0.3) is 0 Å². The van der Waals surface area contributed by atoms with Crippen molar-refractivity contribution in [3.8, 4) is 5.75 Å². The standard InChI is InChI=1S/C8H4N2O3/c11-4-9-6-1-7(10-5-12)3-8(13)2-6/h1-3,13H. The van der Waals surface area contributed by atoms with Crippen LogP contribution in [-0.2, 0) is 9.59 Å². The molecular formula is C8H4N2O3. The molecule has 1 aromatic rings. The Morgan fingerprint density at radius 3 is 1.85 bits per heavy atom. The van der Waals surface area contributed by atoms with Crippen molar-refractivity contribution in [2.45, 2.75) is 0 Å². The molecule has 0 aliphatic heterocycles. The topological polar surface area (TPSA) is 79.1 Å². The molecule has 0 amide bonds. The molecule has 0 saturated carbocycles. The van der Waals surface area contributed by atoms with Crippen LogP contribution in [0.1, 0.15) is 0 Å². The Morgan fingerprint density at radius 2 is 1.46 bits per heavy atom. The third-order valence-electron chi connectivity index (χ3n) is 1.24. The highest BCUT2D eigenvalue weighted by atomic mass is 16.3. The van der Waals surface area contributed by atoms with Gasteiger partial charge in [-0.1, -0.05) is 0 Å². The van der Waals surface area contributed by atoms with Gasteiger partial charge in [-0.3, -0.25) is 0 Å². The number of phenols is 1. The van der Waals surface area contributed by atoms with E-state index in [1.54, 1.807) is 0 Å². The highest BCUT2D eigenvalue weighted by molar-refractivity contribution is 5.61. The number of hydrogen-bond acceptors (Lipinski definition) is 5. The van der Waals surface area contributed by atoms with Crippen molar-refractivity contribution >= 4 is 23.5 Å². The van der Waals surface area contributed by atoms with Gasteiger partial charge in [-0.25, -0.2) is 9.59 Å². The first-order valence-electron chi connectivity index (χ1n) is 3.26. The number of aliphatic imine (C=N–C) groups is 2. The average molecular weight is 176 g/mol. The molecule has 0 radical (unpaired) electrons. The molecule has 0 aromatic heterocycles. The van der Waals surface area contributed by atoms with Gasteiger partial charge in [-0.15, -0.1) is 0 Å². The van der Waals surface area contributed by atoms with E-state index in [9.17, 15) is 9.59 Å². The Hall–Kier alpha value is -2.22. The van der Waals surface area contributed by atoms with E-state index < -0.39 is 0 Å². The lowest BCUT2D eigenvalue weighted by Gasteiger charge is -1.94. The van der Waals surface area contributed by atoms with Gasteiger partial charge in [0.05, 0.1) is 11.4 Å². The molecule has 1 aromatic carbocycles. The summed E-state index contributed by atoms with van der Waals surface area (Å²) >= 11 is 0. The zero-order chi connectivity index (χ0) is 9.68. The first kappa shape index (κ1) is 8.87.